The second kappa shape index (κ2) is 23.6. The van der Waals surface area contributed by atoms with Gasteiger partial charge in [-0.25, -0.2) is 39.9 Å². The van der Waals surface area contributed by atoms with Gasteiger partial charge in [-0.15, -0.1) is 0 Å². The molecule has 0 amide bonds. The lowest BCUT2D eigenvalue weighted by atomic mass is 10.0. The quantitative estimate of drug-likeness (QED) is 0.123. The van der Waals surface area contributed by atoms with E-state index in [1.54, 1.807) is 85.1 Å². The molecule has 10 aromatic heterocycles. The molecule has 0 aliphatic rings. The molecule has 11 aromatic carbocycles. The molecule has 16 heteroatoms. The van der Waals surface area contributed by atoms with Gasteiger partial charge in [-0.05, 0) is 121 Å². The van der Waals surface area contributed by atoms with Gasteiger partial charge >= 0.3 is 0 Å². The molecule has 0 aliphatic heterocycles. The van der Waals surface area contributed by atoms with Crippen molar-refractivity contribution in [3.63, 3.8) is 0 Å². The number of pyridine rings is 4. The molecule has 21 aromatic rings. The van der Waals surface area contributed by atoms with Gasteiger partial charge in [0.2, 0.25) is 0 Å². The third-order valence-electron chi connectivity index (χ3n) is 19.5. The third-order valence-corrected chi connectivity index (χ3v) is 19.5. The van der Waals surface area contributed by atoms with E-state index < -0.39 is 34.5 Å². The van der Waals surface area contributed by atoms with Gasteiger partial charge in [0, 0.05) is 77.1 Å². The highest BCUT2D eigenvalue weighted by atomic mass is 19.2. The lowest BCUT2D eigenvalue weighted by Gasteiger charge is -2.14. The number of hydrogen-bond donors (Lipinski definition) is 0. The number of rotatable bonds is 6. The predicted molar refractivity (Wildman–Crippen MR) is 395 cm³/mol. The Morgan fingerprint density at radius 2 is 0.637 bits per heavy atom. The first kappa shape index (κ1) is 59.6. The normalized spacial score (nSPS) is 11.8. The average molecular weight is 1340 g/mol. The average Bonchev–Trinajstić information content (AvgIpc) is 1.37. The fraction of sp³-hybridized carbons (Fsp3) is 0. The lowest BCUT2D eigenvalue weighted by Crippen LogP contribution is -2.09. The summed E-state index contributed by atoms with van der Waals surface area (Å²) in [6, 6.07) is 88.7. The summed E-state index contributed by atoms with van der Waals surface area (Å²) in [5.74, 6) is -6.60. The van der Waals surface area contributed by atoms with Crippen LogP contribution < -0.4 is 0 Å². The topological polar surface area (TPSA) is 79.6 Å². The van der Waals surface area contributed by atoms with Gasteiger partial charge in [-0.3, -0.25) is 4.98 Å². The maximum absolute atomic E-state index is 15.7. The number of halogens is 6. The molecule has 0 bridgehead atoms. The molecule has 10 heterocycles. The van der Waals surface area contributed by atoms with Crippen LogP contribution in [-0.2, 0) is 0 Å². The summed E-state index contributed by atoms with van der Waals surface area (Å²) in [5, 5.41) is 22.0. The van der Waals surface area contributed by atoms with Crippen molar-refractivity contribution in [3.8, 4) is 50.6 Å². The summed E-state index contributed by atoms with van der Waals surface area (Å²) in [6.45, 7) is 0. The molecule has 0 N–H and O–H groups in total. The van der Waals surface area contributed by atoms with Crippen LogP contribution in [0, 0.1) is 34.9 Å². The van der Waals surface area contributed by atoms with Crippen molar-refractivity contribution in [1.82, 2.24) is 47.5 Å². The van der Waals surface area contributed by atoms with Crippen LogP contribution in [0.2, 0.25) is 0 Å². The Morgan fingerprint density at radius 1 is 0.255 bits per heavy atom. The molecule has 21 rings (SSSR count). The van der Waals surface area contributed by atoms with E-state index in [0.29, 0.717) is 43.6 Å². The summed E-state index contributed by atoms with van der Waals surface area (Å²) >= 11 is 0. The van der Waals surface area contributed by atoms with Crippen molar-refractivity contribution in [2.45, 2.75) is 0 Å². The molecule has 0 atom stereocenters. The zero-order valence-corrected chi connectivity index (χ0v) is 53.6. The Hall–Kier alpha value is -13.6. The minimum atomic E-state index is -1.48. The van der Waals surface area contributed by atoms with E-state index in [1.165, 1.54) is 66.7 Å². The van der Waals surface area contributed by atoms with Gasteiger partial charge in [-0.2, -0.15) is 15.3 Å². The number of hydrogen-bond acceptors (Lipinski definition) is 4. The molecule has 102 heavy (non-hydrogen) atoms. The molecular formula is C86H50F6N10. The van der Waals surface area contributed by atoms with Gasteiger partial charge in [0.1, 0.15) is 17.3 Å². The van der Waals surface area contributed by atoms with Crippen LogP contribution in [0.3, 0.4) is 0 Å². The number of para-hydroxylation sites is 7. The summed E-state index contributed by atoms with van der Waals surface area (Å²) in [4.78, 5) is 4.82. The number of fused-ring (bicyclic) bond motifs is 18. The van der Waals surface area contributed by atoms with Crippen molar-refractivity contribution in [3.05, 3.63) is 339 Å². The Morgan fingerprint density at radius 3 is 1.12 bits per heavy atom. The van der Waals surface area contributed by atoms with Crippen molar-refractivity contribution < 1.29 is 26.3 Å². The van der Waals surface area contributed by atoms with E-state index in [0.717, 1.165) is 77.6 Å². The molecule has 0 radical (unpaired) electrons. The van der Waals surface area contributed by atoms with Crippen LogP contribution in [0.1, 0.15) is 0 Å². The highest BCUT2D eigenvalue weighted by Gasteiger charge is 2.31. The molecule has 0 aliphatic carbocycles. The zero-order chi connectivity index (χ0) is 68.4. The zero-order valence-electron chi connectivity index (χ0n) is 53.6. The molecule has 0 spiro atoms. The summed E-state index contributed by atoms with van der Waals surface area (Å²) in [7, 11) is 0. The highest BCUT2D eigenvalue weighted by Crippen LogP contribution is 2.42. The van der Waals surface area contributed by atoms with Gasteiger partial charge < -0.3 is 13.7 Å². The molecule has 10 nitrogen and oxygen atoms in total. The van der Waals surface area contributed by atoms with Crippen molar-refractivity contribution in [2.75, 3.05) is 0 Å². The van der Waals surface area contributed by atoms with Crippen LogP contribution in [-0.4, -0.2) is 47.5 Å². The fourth-order valence-corrected chi connectivity index (χ4v) is 14.8. The molecule has 486 valence electrons. The minimum absolute atomic E-state index is 0.0395. The lowest BCUT2D eigenvalue weighted by molar-refractivity contribution is 0.454. The van der Waals surface area contributed by atoms with E-state index in [4.69, 9.17) is 4.98 Å². The highest BCUT2D eigenvalue weighted by molar-refractivity contribution is 6.12. The van der Waals surface area contributed by atoms with Crippen LogP contribution in [0.25, 0.3) is 165 Å². The third kappa shape index (κ3) is 9.36. The Kier molecular flexibility index (Phi) is 13.8. The Bertz CT molecular complexity index is 6790. The van der Waals surface area contributed by atoms with Gasteiger partial charge in [-0.1, -0.05) is 164 Å². The Balaban J connectivity index is 0.000000107. The van der Waals surface area contributed by atoms with Crippen molar-refractivity contribution in [2.24, 2.45) is 0 Å². The standard InChI is InChI=1S/C34H22N4.C29H15F4N3.C23H13F2N3/c1-4-10-31-24(7-1)16-20-34-29(22-36-38(31)34)30-19-15-25(21-35-30)23-13-17-26(18-14-23)37-32-11-5-2-8-27(32)28-9-3-6-12-33(28)37;30-25-24(19-15-34-36-20-10-4-1-7-16(20)13-14-23(19)36)26(31)28(33)29(27(25)32)35-21-11-5-2-8-17(21)18-9-3-6-12-22(18)35;24-15-6-9-20-17(11-15)18-12-16(25)7-10-21(18)27(20)23-13-26-28-19-4-2-1-3-14(19)5-8-22(23)28/h1-22H;1-15H;1-13H. The second-order valence-corrected chi connectivity index (χ2v) is 25.1. The summed E-state index contributed by atoms with van der Waals surface area (Å²) in [5.41, 5.74) is 14.6. The van der Waals surface area contributed by atoms with Crippen molar-refractivity contribution >= 4 is 115 Å². The molecule has 0 saturated heterocycles. The van der Waals surface area contributed by atoms with Crippen LogP contribution in [0.15, 0.2) is 304 Å². The van der Waals surface area contributed by atoms with E-state index in [2.05, 4.69) is 135 Å². The molecule has 0 saturated carbocycles. The van der Waals surface area contributed by atoms with Crippen LogP contribution >= 0.6 is 0 Å². The maximum Gasteiger partial charge on any atom is 0.186 e. The van der Waals surface area contributed by atoms with E-state index in [-0.39, 0.29) is 17.2 Å². The molecular weight excluding hydrogens is 1290 g/mol. The summed E-state index contributed by atoms with van der Waals surface area (Å²) < 4.78 is 102. The van der Waals surface area contributed by atoms with Gasteiger partial charge in [0.05, 0.1) is 102 Å². The van der Waals surface area contributed by atoms with Gasteiger partial charge in [0.15, 0.2) is 23.3 Å². The van der Waals surface area contributed by atoms with Crippen LogP contribution in [0.4, 0.5) is 26.3 Å². The van der Waals surface area contributed by atoms with Gasteiger partial charge in [0.25, 0.3) is 0 Å². The predicted octanol–water partition coefficient (Wildman–Crippen LogP) is 22.0. The first-order valence-electron chi connectivity index (χ1n) is 33.0. The van der Waals surface area contributed by atoms with E-state index in [9.17, 15) is 8.78 Å². The SMILES string of the molecule is Fc1c(F)c(-n2c3ccccc3c3ccccc32)c(F)c(F)c1-c1cnn2c1ccc1ccccc12.Fc1ccc2c(c1)c1cc(F)ccc1n2-c1cnn2c1ccc1ccccc12.c1ccc2c(c1)ccc1c(-c3ccc(-c4ccc(-n5c6ccccc6c6ccccc65)cc4)cn3)cnn12. The van der Waals surface area contributed by atoms with Crippen molar-refractivity contribution in [1.29, 1.82) is 0 Å². The van der Waals surface area contributed by atoms with Crippen LogP contribution in [0.5, 0.6) is 0 Å². The van der Waals surface area contributed by atoms with E-state index in [1.807, 2.05) is 86.7 Å². The molecule has 0 unspecified atom stereocenters. The monoisotopic (exact) mass is 1340 g/mol. The number of aromatic nitrogens is 10. The molecule has 0 fully saturated rings. The second-order valence-electron chi connectivity index (χ2n) is 25.1. The first-order chi connectivity index (χ1) is 50.1. The minimum Gasteiger partial charge on any atom is -0.309 e. The first-order valence-corrected chi connectivity index (χ1v) is 33.0. The van der Waals surface area contributed by atoms with E-state index >= 15 is 17.6 Å². The summed E-state index contributed by atoms with van der Waals surface area (Å²) in [6.07, 6.45) is 6.88. The number of benzene rings is 11. The fourth-order valence-electron chi connectivity index (χ4n) is 14.8. The largest absolute Gasteiger partial charge is 0.309 e. The number of nitrogens with zero attached hydrogens (tertiary/aromatic N) is 10. The maximum atomic E-state index is 15.7. The smallest absolute Gasteiger partial charge is 0.186 e. The Labute approximate surface area is 574 Å².